The lowest BCUT2D eigenvalue weighted by Crippen LogP contribution is -2.50. The lowest BCUT2D eigenvalue weighted by molar-refractivity contribution is 0.00159. The van der Waals surface area contributed by atoms with Gasteiger partial charge in [-0.3, -0.25) is 9.69 Å². The SMILES string of the molecule is COc1cc(C(=O)N2CCC(N3CCOCC3)CC2)ccc1-c1cnc2[nH]cc(C)c2c1NC(C)C. The van der Waals surface area contributed by atoms with Gasteiger partial charge in [-0.05, 0) is 57.4 Å². The van der Waals surface area contributed by atoms with Gasteiger partial charge in [-0.2, -0.15) is 0 Å². The minimum absolute atomic E-state index is 0.0656. The van der Waals surface area contributed by atoms with Gasteiger partial charge in [0.25, 0.3) is 5.91 Å². The molecule has 0 atom stereocenters. The van der Waals surface area contributed by atoms with Crippen molar-refractivity contribution in [1.82, 2.24) is 19.8 Å². The van der Waals surface area contributed by atoms with Crippen molar-refractivity contribution in [3.8, 4) is 16.9 Å². The number of nitrogens with one attached hydrogen (secondary N) is 2. The number of piperidine rings is 1. The molecule has 2 aliphatic heterocycles. The summed E-state index contributed by atoms with van der Waals surface area (Å²) < 4.78 is 11.3. The van der Waals surface area contributed by atoms with Gasteiger partial charge in [-0.15, -0.1) is 0 Å². The number of carbonyl (C=O) groups is 1. The molecular weight excluding hydrogens is 454 g/mol. The molecule has 5 rings (SSSR count). The summed E-state index contributed by atoms with van der Waals surface area (Å²) in [6.07, 6.45) is 5.87. The standard InChI is InChI=1S/C28H37N5O3/c1-18(2)31-26-23(17-30-27-25(26)19(3)16-29-27)22-6-5-20(15-24(22)35-4)28(34)33-9-7-21(8-10-33)32-11-13-36-14-12-32/h5-6,15-18,21H,7-14H2,1-4H3,(H2,29,30,31). The highest BCUT2D eigenvalue weighted by molar-refractivity contribution is 6.02. The first-order chi connectivity index (χ1) is 17.5. The van der Waals surface area contributed by atoms with Crippen molar-refractivity contribution in [3.63, 3.8) is 0 Å². The van der Waals surface area contributed by atoms with E-state index in [1.54, 1.807) is 7.11 Å². The predicted molar refractivity (Wildman–Crippen MR) is 143 cm³/mol. The number of amides is 1. The molecule has 0 bridgehead atoms. The van der Waals surface area contributed by atoms with Crippen molar-refractivity contribution in [2.75, 3.05) is 51.8 Å². The Bertz CT molecular complexity index is 1220. The smallest absolute Gasteiger partial charge is 0.253 e. The summed E-state index contributed by atoms with van der Waals surface area (Å²) in [5.74, 6) is 0.737. The third-order valence-corrected chi connectivity index (χ3v) is 7.38. The van der Waals surface area contributed by atoms with E-state index in [4.69, 9.17) is 9.47 Å². The van der Waals surface area contributed by atoms with Crippen molar-refractivity contribution < 1.29 is 14.3 Å². The lowest BCUT2D eigenvalue weighted by Gasteiger charge is -2.40. The lowest BCUT2D eigenvalue weighted by atomic mass is 9.98. The van der Waals surface area contributed by atoms with Gasteiger partial charge >= 0.3 is 0 Å². The number of benzene rings is 1. The first-order valence-electron chi connectivity index (χ1n) is 13.0. The van der Waals surface area contributed by atoms with Crippen molar-refractivity contribution in [2.45, 2.75) is 45.7 Å². The maximum absolute atomic E-state index is 13.4. The van der Waals surface area contributed by atoms with Crippen LogP contribution in [-0.4, -0.2) is 84.3 Å². The summed E-state index contributed by atoms with van der Waals surface area (Å²) in [4.78, 5) is 25.8. The summed E-state index contributed by atoms with van der Waals surface area (Å²) in [7, 11) is 1.66. The van der Waals surface area contributed by atoms with Gasteiger partial charge in [0.05, 0.1) is 26.0 Å². The third kappa shape index (κ3) is 4.80. The molecule has 0 aliphatic carbocycles. The number of aryl methyl sites for hydroxylation is 1. The van der Waals surface area contributed by atoms with E-state index in [9.17, 15) is 4.79 Å². The van der Waals surface area contributed by atoms with Crippen LogP contribution < -0.4 is 10.1 Å². The Morgan fingerprint density at radius 2 is 1.92 bits per heavy atom. The summed E-state index contributed by atoms with van der Waals surface area (Å²) in [5.41, 5.74) is 5.54. The molecule has 0 saturated carbocycles. The van der Waals surface area contributed by atoms with E-state index in [0.717, 1.165) is 85.6 Å². The van der Waals surface area contributed by atoms with Gasteiger partial charge in [0.2, 0.25) is 0 Å². The molecule has 4 heterocycles. The molecule has 3 aromatic rings. The van der Waals surface area contributed by atoms with Gasteiger partial charge in [-0.1, -0.05) is 0 Å². The number of hydrogen-bond donors (Lipinski definition) is 2. The number of likely N-dealkylation sites (tertiary alicyclic amines) is 1. The Labute approximate surface area is 213 Å². The first kappa shape index (κ1) is 24.6. The number of H-pyrrole nitrogens is 1. The van der Waals surface area contributed by atoms with Gasteiger partial charge < -0.3 is 24.7 Å². The molecule has 2 N–H and O–H groups in total. The van der Waals surface area contributed by atoms with Crippen molar-refractivity contribution in [3.05, 3.63) is 41.7 Å². The van der Waals surface area contributed by atoms with Crippen LogP contribution >= 0.6 is 0 Å². The monoisotopic (exact) mass is 491 g/mol. The number of fused-ring (bicyclic) bond motifs is 1. The zero-order chi connectivity index (χ0) is 25.2. The van der Waals surface area contributed by atoms with E-state index >= 15 is 0 Å². The molecular formula is C28H37N5O3. The molecule has 0 spiro atoms. The van der Waals surface area contributed by atoms with Gasteiger partial charge in [0, 0.05) is 72.7 Å². The molecule has 1 amide bonds. The van der Waals surface area contributed by atoms with Crippen LogP contribution in [0.3, 0.4) is 0 Å². The number of aromatic amines is 1. The summed E-state index contributed by atoms with van der Waals surface area (Å²) in [5, 5.41) is 4.69. The number of carbonyl (C=O) groups excluding carboxylic acids is 1. The van der Waals surface area contributed by atoms with Crippen LogP contribution in [0.5, 0.6) is 5.75 Å². The molecule has 8 heteroatoms. The average molecular weight is 492 g/mol. The van der Waals surface area contributed by atoms with E-state index < -0.39 is 0 Å². The fraction of sp³-hybridized carbons (Fsp3) is 0.500. The minimum Gasteiger partial charge on any atom is -0.496 e. The summed E-state index contributed by atoms with van der Waals surface area (Å²) in [6.45, 7) is 11.5. The number of anilines is 1. The Morgan fingerprint density at radius 3 is 2.61 bits per heavy atom. The molecule has 2 aromatic heterocycles. The van der Waals surface area contributed by atoms with Crippen molar-refractivity contribution in [2.24, 2.45) is 0 Å². The Balaban J connectivity index is 1.39. The largest absolute Gasteiger partial charge is 0.496 e. The highest BCUT2D eigenvalue weighted by Crippen LogP contribution is 2.40. The number of morpholine rings is 1. The second kappa shape index (κ2) is 10.5. The van der Waals surface area contributed by atoms with Gasteiger partial charge in [0.1, 0.15) is 11.4 Å². The van der Waals surface area contributed by atoms with E-state index in [-0.39, 0.29) is 11.9 Å². The number of rotatable bonds is 6. The van der Waals surface area contributed by atoms with Crippen LogP contribution in [-0.2, 0) is 4.74 Å². The molecule has 2 saturated heterocycles. The molecule has 192 valence electrons. The Morgan fingerprint density at radius 1 is 1.17 bits per heavy atom. The summed E-state index contributed by atoms with van der Waals surface area (Å²) in [6, 6.07) is 6.57. The van der Waals surface area contributed by atoms with E-state index in [0.29, 0.717) is 17.4 Å². The normalized spacial score (nSPS) is 17.6. The molecule has 36 heavy (non-hydrogen) atoms. The number of hydrogen-bond acceptors (Lipinski definition) is 6. The molecule has 0 radical (unpaired) electrons. The molecule has 1 aromatic carbocycles. The average Bonchev–Trinajstić information content (AvgIpc) is 3.29. The van der Waals surface area contributed by atoms with E-state index in [1.165, 1.54) is 0 Å². The summed E-state index contributed by atoms with van der Waals surface area (Å²) >= 11 is 0. The van der Waals surface area contributed by atoms with Crippen LogP contribution in [0.4, 0.5) is 5.69 Å². The number of aromatic nitrogens is 2. The number of nitrogens with zero attached hydrogens (tertiary/aromatic N) is 3. The number of ether oxygens (including phenoxy) is 2. The predicted octanol–water partition coefficient (Wildman–Crippen LogP) is 4.30. The van der Waals surface area contributed by atoms with Gasteiger partial charge in [0.15, 0.2) is 0 Å². The fourth-order valence-corrected chi connectivity index (χ4v) is 5.50. The minimum atomic E-state index is 0.0656. The van der Waals surface area contributed by atoms with Crippen LogP contribution in [0.2, 0.25) is 0 Å². The molecule has 0 unspecified atom stereocenters. The molecule has 8 nitrogen and oxygen atoms in total. The second-order valence-electron chi connectivity index (χ2n) is 10.1. The van der Waals surface area contributed by atoms with Crippen LogP contribution in [0, 0.1) is 6.92 Å². The Kier molecular flexibility index (Phi) is 7.16. The van der Waals surface area contributed by atoms with E-state index in [2.05, 4.69) is 41.0 Å². The quantitative estimate of drug-likeness (QED) is 0.535. The first-order valence-corrected chi connectivity index (χ1v) is 13.0. The van der Waals surface area contributed by atoms with Crippen molar-refractivity contribution >= 4 is 22.6 Å². The maximum Gasteiger partial charge on any atom is 0.253 e. The maximum atomic E-state index is 13.4. The number of methoxy groups -OCH3 is 1. The van der Waals surface area contributed by atoms with Gasteiger partial charge in [-0.25, -0.2) is 4.98 Å². The van der Waals surface area contributed by atoms with Crippen LogP contribution in [0.1, 0.15) is 42.6 Å². The van der Waals surface area contributed by atoms with E-state index in [1.807, 2.05) is 35.5 Å². The highest BCUT2D eigenvalue weighted by atomic mass is 16.5. The second-order valence-corrected chi connectivity index (χ2v) is 10.1. The molecule has 2 fully saturated rings. The fourth-order valence-electron chi connectivity index (χ4n) is 5.50. The van der Waals surface area contributed by atoms with Crippen LogP contribution in [0.15, 0.2) is 30.6 Å². The zero-order valence-electron chi connectivity index (χ0n) is 21.8. The van der Waals surface area contributed by atoms with Crippen LogP contribution in [0.25, 0.3) is 22.2 Å². The van der Waals surface area contributed by atoms with Crippen molar-refractivity contribution in [1.29, 1.82) is 0 Å². The topological polar surface area (TPSA) is 82.7 Å². The highest BCUT2D eigenvalue weighted by Gasteiger charge is 2.29. The Hall–Kier alpha value is -3.10. The number of pyridine rings is 1. The molecule has 2 aliphatic rings. The zero-order valence-corrected chi connectivity index (χ0v) is 21.8. The third-order valence-electron chi connectivity index (χ3n) is 7.38.